The van der Waals surface area contributed by atoms with E-state index in [9.17, 15) is 8.78 Å². The van der Waals surface area contributed by atoms with Crippen LogP contribution in [-0.2, 0) is 0 Å². The molecule has 3 aromatic rings. The van der Waals surface area contributed by atoms with Gasteiger partial charge in [0, 0.05) is 5.69 Å². The smallest absolute Gasteiger partial charge is 0.387 e. The number of halogens is 2. The predicted octanol–water partition coefficient (Wildman–Crippen LogP) is 4.95. The summed E-state index contributed by atoms with van der Waals surface area (Å²) in [7, 11) is 0. The Morgan fingerprint density at radius 3 is 2.62 bits per heavy atom. The van der Waals surface area contributed by atoms with E-state index in [4.69, 9.17) is 0 Å². The van der Waals surface area contributed by atoms with Gasteiger partial charge in [-0.15, -0.1) is 0 Å². The lowest BCUT2D eigenvalue weighted by Gasteiger charge is -2.06. The van der Waals surface area contributed by atoms with Crippen molar-refractivity contribution in [2.45, 2.75) is 13.5 Å². The maximum absolute atomic E-state index is 12.1. The molecule has 0 saturated heterocycles. The van der Waals surface area contributed by atoms with Crippen molar-refractivity contribution in [1.82, 2.24) is 4.98 Å². The van der Waals surface area contributed by atoms with Crippen molar-refractivity contribution in [2.24, 2.45) is 0 Å². The van der Waals surface area contributed by atoms with Gasteiger partial charge in [-0.25, -0.2) is 4.98 Å². The second-order valence-electron chi connectivity index (χ2n) is 4.52. The van der Waals surface area contributed by atoms with E-state index in [1.807, 2.05) is 25.1 Å². The highest BCUT2D eigenvalue weighted by molar-refractivity contribution is 7.22. The number of fused-ring (bicyclic) bond motifs is 1. The van der Waals surface area contributed by atoms with E-state index in [0.717, 1.165) is 26.6 Å². The second kappa shape index (κ2) is 5.65. The molecule has 0 amide bonds. The van der Waals surface area contributed by atoms with Gasteiger partial charge in [-0.2, -0.15) is 8.78 Å². The van der Waals surface area contributed by atoms with E-state index in [2.05, 4.69) is 15.0 Å². The van der Waals surface area contributed by atoms with Crippen LogP contribution in [0, 0.1) is 6.92 Å². The fourth-order valence-corrected chi connectivity index (χ4v) is 2.80. The molecule has 0 atom stereocenters. The molecule has 0 unspecified atom stereocenters. The van der Waals surface area contributed by atoms with Gasteiger partial charge in [0.15, 0.2) is 5.13 Å². The van der Waals surface area contributed by atoms with E-state index in [1.165, 1.54) is 12.1 Å². The highest BCUT2D eigenvalue weighted by Gasteiger charge is 2.06. The first kappa shape index (κ1) is 13.8. The number of rotatable bonds is 4. The summed E-state index contributed by atoms with van der Waals surface area (Å²) in [5, 5.41) is 3.92. The van der Waals surface area contributed by atoms with Gasteiger partial charge in [0.25, 0.3) is 0 Å². The number of anilines is 2. The molecule has 0 aliphatic heterocycles. The number of hydrogen-bond donors (Lipinski definition) is 1. The van der Waals surface area contributed by atoms with E-state index >= 15 is 0 Å². The van der Waals surface area contributed by atoms with Crippen molar-refractivity contribution in [3.05, 3.63) is 48.0 Å². The molecule has 1 N–H and O–H groups in total. The zero-order valence-corrected chi connectivity index (χ0v) is 12.0. The Kier molecular flexibility index (Phi) is 3.70. The highest BCUT2D eigenvalue weighted by atomic mass is 32.1. The second-order valence-corrected chi connectivity index (χ2v) is 5.55. The van der Waals surface area contributed by atoms with Crippen LogP contribution in [0.2, 0.25) is 0 Å². The van der Waals surface area contributed by atoms with Crippen LogP contribution in [0.3, 0.4) is 0 Å². The minimum absolute atomic E-state index is 0.135. The summed E-state index contributed by atoms with van der Waals surface area (Å²) in [6.07, 6.45) is 0. The quantitative estimate of drug-likeness (QED) is 0.740. The minimum Gasteiger partial charge on any atom is -0.435 e. The molecule has 3 nitrogen and oxygen atoms in total. The average molecular weight is 306 g/mol. The molecule has 0 radical (unpaired) electrons. The monoisotopic (exact) mass is 306 g/mol. The molecule has 21 heavy (non-hydrogen) atoms. The average Bonchev–Trinajstić information content (AvgIpc) is 2.82. The summed E-state index contributed by atoms with van der Waals surface area (Å²) in [6, 6.07) is 12.4. The zero-order valence-electron chi connectivity index (χ0n) is 11.1. The van der Waals surface area contributed by atoms with Gasteiger partial charge >= 0.3 is 6.61 Å². The predicted molar refractivity (Wildman–Crippen MR) is 80.7 cm³/mol. The minimum atomic E-state index is -2.81. The zero-order chi connectivity index (χ0) is 14.8. The lowest BCUT2D eigenvalue weighted by Crippen LogP contribution is -2.01. The third-order valence-corrected chi connectivity index (χ3v) is 3.83. The molecule has 0 saturated carbocycles. The van der Waals surface area contributed by atoms with E-state index in [-0.39, 0.29) is 5.75 Å². The molecule has 108 valence electrons. The molecule has 0 fully saturated rings. The third kappa shape index (κ3) is 3.28. The number of hydrogen-bond acceptors (Lipinski definition) is 4. The molecule has 1 aromatic heterocycles. The normalized spacial score (nSPS) is 11.0. The summed E-state index contributed by atoms with van der Waals surface area (Å²) in [4.78, 5) is 4.50. The molecule has 2 aromatic carbocycles. The van der Waals surface area contributed by atoms with E-state index in [1.54, 1.807) is 23.5 Å². The fraction of sp³-hybridized carbons (Fsp3) is 0.133. The van der Waals surface area contributed by atoms with Crippen LogP contribution in [0.25, 0.3) is 10.2 Å². The summed E-state index contributed by atoms with van der Waals surface area (Å²) in [5.41, 5.74) is 2.88. The van der Waals surface area contributed by atoms with Crippen LogP contribution in [0.5, 0.6) is 5.75 Å². The van der Waals surface area contributed by atoms with Crippen molar-refractivity contribution in [2.75, 3.05) is 5.32 Å². The van der Waals surface area contributed by atoms with Gasteiger partial charge in [0.2, 0.25) is 0 Å². The maximum atomic E-state index is 12.1. The Hall–Kier alpha value is -2.21. The van der Waals surface area contributed by atoms with Gasteiger partial charge in [0.05, 0.1) is 10.2 Å². The lowest BCUT2D eigenvalue weighted by atomic mass is 10.2. The van der Waals surface area contributed by atoms with Gasteiger partial charge in [-0.3, -0.25) is 0 Å². The fourth-order valence-electron chi connectivity index (χ4n) is 1.93. The van der Waals surface area contributed by atoms with Gasteiger partial charge < -0.3 is 10.1 Å². The topological polar surface area (TPSA) is 34.1 Å². The maximum Gasteiger partial charge on any atom is 0.387 e. The summed E-state index contributed by atoms with van der Waals surface area (Å²) >= 11 is 1.54. The van der Waals surface area contributed by atoms with E-state index < -0.39 is 6.61 Å². The third-order valence-electron chi connectivity index (χ3n) is 2.87. The van der Waals surface area contributed by atoms with Crippen molar-refractivity contribution >= 4 is 32.4 Å². The summed E-state index contributed by atoms with van der Waals surface area (Å²) in [6.45, 7) is -0.788. The van der Waals surface area contributed by atoms with Gasteiger partial charge in [-0.05, 0) is 48.9 Å². The SMILES string of the molecule is Cc1ccc2sc(Nc3ccc(OC(F)F)cc3)nc2c1. The number of aromatic nitrogens is 1. The Balaban J connectivity index is 1.78. The number of benzene rings is 2. The van der Waals surface area contributed by atoms with Gasteiger partial charge in [0.1, 0.15) is 5.75 Å². The van der Waals surface area contributed by atoms with E-state index in [0.29, 0.717) is 0 Å². The number of thiazole rings is 1. The van der Waals surface area contributed by atoms with Crippen molar-refractivity contribution in [3.8, 4) is 5.75 Å². The number of nitrogens with zero attached hydrogens (tertiary/aromatic N) is 1. The molecule has 0 bridgehead atoms. The molecule has 3 rings (SSSR count). The summed E-state index contributed by atoms with van der Waals surface area (Å²) < 4.78 is 29.5. The largest absolute Gasteiger partial charge is 0.435 e. The van der Waals surface area contributed by atoms with Gasteiger partial charge in [-0.1, -0.05) is 17.4 Å². The molecule has 0 aliphatic rings. The number of nitrogens with one attached hydrogen (secondary N) is 1. The van der Waals surface area contributed by atoms with Crippen molar-refractivity contribution in [3.63, 3.8) is 0 Å². The molecular weight excluding hydrogens is 294 g/mol. The van der Waals surface area contributed by atoms with Crippen LogP contribution in [0.1, 0.15) is 5.56 Å². The number of alkyl halides is 2. The number of ether oxygens (including phenoxy) is 1. The highest BCUT2D eigenvalue weighted by Crippen LogP contribution is 2.29. The van der Waals surface area contributed by atoms with Crippen LogP contribution in [0.15, 0.2) is 42.5 Å². The molecule has 0 spiro atoms. The first-order valence-electron chi connectivity index (χ1n) is 6.29. The van der Waals surface area contributed by atoms with Crippen molar-refractivity contribution < 1.29 is 13.5 Å². The van der Waals surface area contributed by atoms with Crippen molar-refractivity contribution in [1.29, 1.82) is 0 Å². The van der Waals surface area contributed by atoms with Crippen LogP contribution < -0.4 is 10.1 Å². The number of aryl methyl sites for hydroxylation is 1. The Morgan fingerprint density at radius 2 is 1.90 bits per heavy atom. The molecule has 0 aliphatic carbocycles. The molecule has 6 heteroatoms. The first-order chi connectivity index (χ1) is 10.1. The van der Waals surface area contributed by atoms with Crippen LogP contribution in [0.4, 0.5) is 19.6 Å². The first-order valence-corrected chi connectivity index (χ1v) is 7.11. The van der Waals surface area contributed by atoms with Crippen LogP contribution >= 0.6 is 11.3 Å². The molecule has 1 heterocycles. The molecular formula is C15H12F2N2OS. The van der Waals surface area contributed by atoms with Crippen LogP contribution in [-0.4, -0.2) is 11.6 Å². The Labute approximate surface area is 124 Å². The Morgan fingerprint density at radius 1 is 1.14 bits per heavy atom. The standard InChI is InChI=1S/C15H12F2N2OS/c1-9-2-7-13-12(8-9)19-15(21-13)18-10-3-5-11(6-4-10)20-14(16)17/h2-8,14H,1H3,(H,18,19). The summed E-state index contributed by atoms with van der Waals surface area (Å²) in [5.74, 6) is 0.135. The Bertz CT molecular complexity index is 756. The lowest BCUT2D eigenvalue weighted by molar-refractivity contribution is -0.0498.